The topological polar surface area (TPSA) is 118 Å². The standard InChI is InChI=1S/C22H29ClN6O3/c1-14(2)20-21(26-27-25-20)22(31)28(3)12-16(30)13-29-8-6-17(7-9-29)32-18-5-4-15(11-24)19(23)10-18/h4-5,10,14,16-17,30H,6-9,12-13H2,1-3H3,(H,25,26,27)/t16-/m1/s1. The fraction of sp³-hybridized carbons (Fsp3) is 0.545. The van der Waals surface area contributed by atoms with Gasteiger partial charge in [0.1, 0.15) is 17.9 Å². The highest BCUT2D eigenvalue weighted by Gasteiger charge is 2.26. The highest BCUT2D eigenvalue weighted by atomic mass is 35.5. The number of β-amino-alcohol motifs (C(OH)–C–C–N with tert-alkyl or cyclic N) is 1. The summed E-state index contributed by atoms with van der Waals surface area (Å²) in [6.45, 7) is 6.15. The molecule has 0 aliphatic carbocycles. The zero-order valence-electron chi connectivity index (χ0n) is 18.6. The van der Waals surface area contributed by atoms with Crippen molar-refractivity contribution in [3.05, 3.63) is 40.2 Å². The van der Waals surface area contributed by atoms with E-state index in [9.17, 15) is 9.90 Å². The van der Waals surface area contributed by atoms with Crippen LogP contribution < -0.4 is 4.74 Å². The van der Waals surface area contributed by atoms with Crippen molar-refractivity contribution in [2.45, 2.75) is 44.8 Å². The van der Waals surface area contributed by atoms with Crippen LogP contribution in [0.25, 0.3) is 0 Å². The fourth-order valence-corrected chi connectivity index (χ4v) is 4.01. The van der Waals surface area contributed by atoms with Gasteiger partial charge in [-0.15, -0.1) is 0 Å². The maximum absolute atomic E-state index is 12.7. The van der Waals surface area contributed by atoms with Crippen LogP contribution in [-0.2, 0) is 0 Å². The maximum Gasteiger partial charge on any atom is 0.276 e. The number of nitrogens with one attached hydrogen (secondary N) is 1. The lowest BCUT2D eigenvalue weighted by Crippen LogP contribution is -2.45. The van der Waals surface area contributed by atoms with Crippen LogP contribution in [0.4, 0.5) is 0 Å². The molecule has 0 saturated carbocycles. The largest absolute Gasteiger partial charge is 0.490 e. The fourth-order valence-electron chi connectivity index (χ4n) is 3.80. The van der Waals surface area contributed by atoms with Gasteiger partial charge in [0.2, 0.25) is 0 Å². The number of halogens is 1. The Morgan fingerprint density at radius 3 is 2.75 bits per heavy atom. The van der Waals surface area contributed by atoms with Crippen LogP contribution in [0.15, 0.2) is 18.2 Å². The van der Waals surface area contributed by atoms with Gasteiger partial charge in [-0.25, -0.2) is 0 Å². The monoisotopic (exact) mass is 460 g/mol. The second-order valence-corrected chi connectivity index (χ2v) is 8.83. The van der Waals surface area contributed by atoms with Gasteiger partial charge in [-0.3, -0.25) is 4.79 Å². The third-order valence-corrected chi connectivity index (χ3v) is 5.84. The molecule has 1 aliphatic heterocycles. The summed E-state index contributed by atoms with van der Waals surface area (Å²) in [5.41, 5.74) is 1.35. The Hall–Kier alpha value is -2.67. The molecule has 1 fully saturated rings. The molecule has 0 radical (unpaired) electrons. The summed E-state index contributed by atoms with van der Waals surface area (Å²) in [5.74, 6) is 0.478. The molecular weight excluding hydrogens is 432 g/mol. The minimum Gasteiger partial charge on any atom is -0.490 e. The number of aliphatic hydroxyl groups excluding tert-OH is 1. The minimum absolute atomic E-state index is 0.0540. The number of carbonyl (C=O) groups excluding carboxylic acids is 1. The zero-order valence-corrected chi connectivity index (χ0v) is 19.3. The third kappa shape index (κ3) is 5.97. The summed E-state index contributed by atoms with van der Waals surface area (Å²) < 4.78 is 6.01. The Bertz CT molecular complexity index is 965. The predicted molar refractivity (Wildman–Crippen MR) is 120 cm³/mol. The zero-order chi connectivity index (χ0) is 23.3. The summed E-state index contributed by atoms with van der Waals surface area (Å²) in [6.07, 6.45) is 1.01. The van der Waals surface area contributed by atoms with E-state index in [1.54, 1.807) is 25.2 Å². The first-order valence-electron chi connectivity index (χ1n) is 10.7. The van der Waals surface area contributed by atoms with Crippen molar-refractivity contribution < 1.29 is 14.6 Å². The van der Waals surface area contributed by atoms with E-state index < -0.39 is 6.10 Å². The van der Waals surface area contributed by atoms with Crippen LogP contribution >= 0.6 is 11.6 Å². The second-order valence-electron chi connectivity index (χ2n) is 8.42. The Morgan fingerprint density at radius 1 is 1.41 bits per heavy atom. The molecule has 1 amide bonds. The van der Waals surface area contributed by atoms with Gasteiger partial charge in [0.25, 0.3) is 5.91 Å². The minimum atomic E-state index is -0.673. The van der Waals surface area contributed by atoms with Gasteiger partial charge in [0, 0.05) is 39.3 Å². The third-order valence-electron chi connectivity index (χ3n) is 5.52. The van der Waals surface area contributed by atoms with Gasteiger partial charge in [0.15, 0.2) is 5.69 Å². The van der Waals surface area contributed by atoms with E-state index >= 15 is 0 Å². The van der Waals surface area contributed by atoms with Crippen molar-refractivity contribution in [2.24, 2.45) is 0 Å². The summed E-state index contributed by atoms with van der Waals surface area (Å²) >= 11 is 6.07. The van der Waals surface area contributed by atoms with Crippen molar-refractivity contribution in [3.8, 4) is 11.8 Å². The summed E-state index contributed by atoms with van der Waals surface area (Å²) in [6, 6.07) is 7.12. The molecule has 2 aromatic rings. The number of likely N-dealkylation sites (N-methyl/N-ethyl adjacent to an activating group) is 1. The number of hydrogen-bond donors (Lipinski definition) is 2. The molecular formula is C22H29ClN6O3. The Balaban J connectivity index is 1.44. The van der Waals surface area contributed by atoms with Crippen LogP contribution in [0.2, 0.25) is 5.02 Å². The molecule has 3 rings (SSSR count). The van der Waals surface area contributed by atoms with E-state index in [0.717, 1.165) is 25.9 Å². The van der Waals surface area contributed by atoms with Gasteiger partial charge in [-0.1, -0.05) is 25.4 Å². The van der Waals surface area contributed by atoms with Crippen LogP contribution in [0.1, 0.15) is 54.4 Å². The SMILES string of the molecule is CC(C)c1n[nH]nc1C(=O)N(C)C[C@@H](O)CN1CCC(Oc2ccc(C#N)c(Cl)c2)CC1. The molecule has 2 heterocycles. The summed E-state index contributed by atoms with van der Waals surface area (Å²) in [5, 5.41) is 30.4. The van der Waals surface area contributed by atoms with Crippen molar-refractivity contribution in [1.29, 1.82) is 5.26 Å². The number of nitrogens with zero attached hydrogens (tertiary/aromatic N) is 5. The molecule has 10 heteroatoms. The maximum atomic E-state index is 12.7. The lowest BCUT2D eigenvalue weighted by molar-refractivity contribution is 0.0426. The number of aromatic amines is 1. The number of ether oxygens (including phenoxy) is 1. The van der Waals surface area contributed by atoms with Crippen LogP contribution in [0.3, 0.4) is 0 Å². The van der Waals surface area contributed by atoms with Gasteiger partial charge < -0.3 is 19.6 Å². The molecule has 1 atom stereocenters. The first-order chi connectivity index (χ1) is 15.3. The van der Waals surface area contributed by atoms with Crippen molar-refractivity contribution in [1.82, 2.24) is 25.2 Å². The number of benzene rings is 1. The average molecular weight is 461 g/mol. The Morgan fingerprint density at radius 2 is 2.12 bits per heavy atom. The Labute approximate surface area is 192 Å². The van der Waals surface area contributed by atoms with E-state index in [2.05, 4.69) is 20.3 Å². The number of aliphatic hydroxyl groups is 1. The highest BCUT2D eigenvalue weighted by Crippen LogP contribution is 2.25. The van der Waals surface area contributed by atoms with Gasteiger partial charge in [0.05, 0.1) is 22.4 Å². The van der Waals surface area contributed by atoms with E-state index in [1.165, 1.54) is 4.90 Å². The number of likely N-dealkylation sites (tertiary alicyclic amines) is 1. The summed E-state index contributed by atoms with van der Waals surface area (Å²) in [4.78, 5) is 16.3. The predicted octanol–water partition coefficient (Wildman–Crippen LogP) is 2.43. The lowest BCUT2D eigenvalue weighted by atomic mass is 10.1. The van der Waals surface area contributed by atoms with Crippen molar-refractivity contribution in [3.63, 3.8) is 0 Å². The lowest BCUT2D eigenvalue weighted by Gasteiger charge is -2.34. The van der Waals surface area contributed by atoms with Gasteiger partial charge >= 0.3 is 0 Å². The van der Waals surface area contributed by atoms with E-state index in [0.29, 0.717) is 34.3 Å². The average Bonchev–Trinajstić information content (AvgIpc) is 3.25. The number of aromatic nitrogens is 3. The van der Waals surface area contributed by atoms with Gasteiger partial charge in [-0.05, 0) is 30.9 Å². The molecule has 1 saturated heterocycles. The number of H-pyrrole nitrogens is 1. The molecule has 0 spiro atoms. The quantitative estimate of drug-likeness (QED) is 0.620. The molecule has 1 aromatic carbocycles. The normalized spacial score (nSPS) is 16.0. The van der Waals surface area contributed by atoms with Crippen LogP contribution in [0, 0.1) is 11.3 Å². The highest BCUT2D eigenvalue weighted by molar-refractivity contribution is 6.31. The number of carbonyl (C=O) groups is 1. The number of hydrogen-bond acceptors (Lipinski definition) is 7. The first kappa shape index (κ1) is 24.0. The Kier molecular flexibility index (Phi) is 8.07. The molecule has 32 heavy (non-hydrogen) atoms. The second kappa shape index (κ2) is 10.8. The molecule has 0 bridgehead atoms. The summed E-state index contributed by atoms with van der Waals surface area (Å²) in [7, 11) is 1.66. The molecule has 9 nitrogen and oxygen atoms in total. The first-order valence-corrected chi connectivity index (χ1v) is 11.1. The molecule has 2 N–H and O–H groups in total. The van der Waals surface area contributed by atoms with Gasteiger partial charge in [-0.2, -0.15) is 20.7 Å². The van der Waals surface area contributed by atoms with E-state index in [4.69, 9.17) is 21.6 Å². The number of nitriles is 1. The molecule has 0 unspecified atom stereocenters. The van der Waals surface area contributed by atoms with E-state index in [-0.39, 0.29) is 24.5 Å². The van der Waals surface area contributed by atoms with Crippen molar-refractivity contribution in [2.75, 3.05) is 33.2 Å². The van der Waals surface area contributed by atoms with E-state index in [1.807, 2.05) is 19.9 Å². The smallest absolute Gasteiger partial charge is 0.276 e. The number of piperidine rings is 1. The molecule has 1 aromatic heterocycles. The van der Waals surface area contributed by atoms with Crippen LogP contribution in [-0.4, -0.2) is 81.7 Å². The van der Waals surface area contributed by atoms with Crippen molar-refractivity contribution >= 4 is 17.5 Å². The van der Waals surface area contributed by atoms with Crippen LogP contribution in [0.5, 0.6) is 5.75 Å². The number of amides is 1. The molecule has 1 aliphatic rings. The molecule has 172 valence electrons. The number of rotatable bonds is 8.